The highest BCUT2D eigenvalue weighted by Crippen LogP contribution is 2.45. The molecule has 0 rings (SSSR count). The second-order valence-corrected chi connectivity index (χ2v) is 29.0. The highest BCUT2D eigenvalue weighted by molar-refractivity contribution is 7.47. The summed E-state index contributed by atoms with van der Waals surface area (Å²) in [7, 11) is -9.89. The van der Waals surface area contributed by atoms with Gasteiger partial charge in [-0.1, -0.05) is 292 Å². The first-order valence-corrected chi connectivity index (χ1v) is 38.9. The molecule has 0 aliphatic carbocycles. The molecular formula is C69H134O17P2. The third-order valence-corrected chi connectivity index (χ3v) is 18.1. The Morgan fingerprint density at radius 1 is 0.330 bits per heavy atom. The minimum atomic E-state index is -4.95. The Kier molecular flexibility index (Phi) is 58.7. The number of unbranched alkanes of at least 4 members (excludes halogenated alkanes) is 34. The average Bonchev–Trinajstić information content (AvgIpc) is 3.55. The number of aliphatic hydroxyl groups excluding tert-OH is 1. The lowest BCUT2D eigenvalue weighted by atomic mass is 10.00. The summed E-state index contributed by atoms with van der Waals surface area (Å²) in [4.78, 5) is 72.3. The average molecular weight is 1300 g/mol. The number of hydrogen-bond donors (Lipinski definition) is 3. The lowest BCUT2D eigenvalue weighted by Crippen LogP contribution is -2.30. The fourth-order valence-corrected chi connectivity index (χ4v) is 11.9. The summed E-state index contributed by atoms with van der Waals surface area (Å²) in [6.07, 6.45) is 43.5. The minimum Gasteiger partial charge on any atom is -0.462 e. The highest BCUT2D eigenvalue weighted by Gasteiger charge is 2.30. The van der Waals surface area contributed by atoms with E-state index in [1.54, 1.807) is 0 Å². The molecule has 0 aliphatic rings. The molecule has 88 heavy (non-hydrogen) atoms. The third kappa shape index (κ3) is 61.6. The number of phosphoric ester groups is 2. The van der Waals surface area contributed by atoms with Gasteiger partial charge in [-0.3, -0.25) is 37.3 Å². The standard InChI is InChI=1S/C69H134O17P2/c1-8-10-11-12-13-27-36-43-50-66(71)79-56-65(86-69(74)53-46-39-31-29-34-41-48-61(5)6)59-84-88(77,78)82-55-63(70)54-81-87(75,76)83-58-64(57-80-67(72)51-44-37-32-30-35-42-49-62(7)9-2)85-68(73)52-45-38-28-25-23-21-19-17-15-14-16-18-20-22-24-26-33-40-47-60(3)4/h60-65,70H,8-59H2,1-7H3,(H,75,76)(H,77,78)/t62?,63-,64-,65-/m1/s1. The molecular weight excluding hydrogens is 1160 g/mol. The van der Waals surface area contributed by atoms with E-state index in [2.05, 4.69) is 48.5 Å². The fourth-order valence-electron chi connectivity index (χ4n) is 10.3. The number of aliphatic hydroxyl groups is 1. The Labute approximate surface area is 537 Å². The molecule has 0 aromatic carbocycles. The van der Waals surface area contributed by atoms with Crippen molar-refractivity contribution in [1.29, 1.82) is 0 Å². The van der Waals surface area contributed by atoms with Crippen molar-refractivity contribution in [3.8, 4) is 0 Å². The molecule has 0 saturated heterocycles. The number of phosphoric acid groups is 2. The largest absolute Gasteiger partial charge is 0.472 e. The van der Waals surface area contributed by atoms with Gasteiger partial charge in [0, 0.05) is 25.7 Å². The van der Waals surface area contributed by atoms with Crippen molar-refractivity contribution < 1.29 is 80.2 Å². The molecule has 17 nitrogen and oxygen atoms in total. The van der Waals surface area contributed by atoms with Crippen molar-refractivity contribution in [2.75, 3.05) is 39.6 Å². The van der Waals surface area contributed by atoms with Crippen LogP contribution in [0.1, 0.15) is 344 Å². The fraction of sp³-hybridized carbons (Fsp3) is 0.942. The smallest absolute Gasteiger partial charge is 0.462 e. The van der Waals surface area contributed by atoms with E-state index in [0.29, 0.717) is 31.6 Å². The van der Waals surface area contributed by atoms with Crippen LogP contribution < -0.4 is 0 Å². The molecule has 0 heterocycles. The zero-order valence-electron chi connectivity index (χ0n) is 57.2. The highest BCUT2D eigenvalue weighted by atomic mass is 31.2. The maximum atomic E-state index is 13.0. The summed E-state index contributed by atoms with van der Waals surface area (Å²) in [5.74, 6) is 0.0836. The summed E-state index contributed by atoms with van der Waals surface area (Å²) in [5.41, 5.74) is 0. The van der Waals surface area contributed by atoms with E-state index in [1.807, 2.05) is 0 Å². The van der Waals surface area contributed by atoms with Gasteiger partial charge in [0.25, 0.3) is 0 Å². The number of esters is 4. The van der Waals surface area contributed by atoms with Gasteiger partial charge in [0.15, 0.2) is 12.2 Å². The summed E-state index contributed by atoms with van der Waals surface area (Å²) in [6, 6.07) is 0. The molecule has 6 atom stereocenters. The maximum Gasteiger partial charge on any atom is 0.472 e. The number of hydrogen-bond acceptors (Lipinski definition) is 15. The van der Waals surface area contributed by atoms with E-state index < -0.39 is 97.5 Å². The molecule has 19 heteroatoms. The van der Waals surface area contributed by atoms with E-state index in [4.69, 9.17) is 37.0 Å². The van der Waals surface area contributed by atoms with Crippen molar-refractivity contribution in [3.63, 3.8) is 0 Å². The summed E-state index contributed by atoms with van der Waals surface area (Å²) >= 11 is 0. The topological polar surface area (TPSA) is 237 Å². The van der Waals surface area contributed by atoms with Crippen LogP contribution in [0.4, 0.5) is 0 Å². The molecule has 0 aromatic rings. The molecule has 3 N–H and O–H groups in total. The molecule has 0 aliphatic heterocycles. The van der Waals surface area contributed by atoms with Crippen LogP contribution >= 0.6 is 15.6 Å². The predicted octanol–water partition coefficient (Wildman–Crippen LogP) is 19.5. The molecule has 0 fully saturated rings. The quantitative estimate of drug-likeness (QED) is 0.0222. The van der Waals surface area contributed by atoms with Crippen molar-refractivity contribution in [3.05, 3.63) is 0 Å². The van der Waals surface area contributed by atoms with Gasteiger partial charge in [0.05, 0.1) is 26.4 Å². The first-order valence-electron chi connectivity index (χ1n) is 35.9. The first kappa shape index (κ1) is 86.1. The summed E-state index contributed by atoms with van der Waals surface area (Å²) in [6.45, 7) is 11.7. The molecule has 0 spiro atoms. The van der Waals surface area contributed by atoms with Gasteiger partial charge in [-0.2, -0.15) is 0 Å². The monoisotopic (exact) mass is 1300 g/mol. The molecule has 0 radical (unpaired) electrons. The Morgan fingerprint density at radius 3 is 0.864 bits per heavy atom. The van der Waals surface area contributed by atoms with Crippen molar-refractivity contribution >= 4 is 39.5 Å². The summed E-state index contributed by atoms with van der Waals surface area (Å²) in [5, 5.41) is 10.5. The van der Waals surface area contributed by atoms with Crippen LogP contribution in [0, 0.1) is 17.8 Å². The van der Waals surface area contributed by atoms with Crippen LogP contribution in [-0.4, -0.2) is 96.7 Å². The Balaban J connectivity index is 5.13. The number of ether oxygens (including phenoxy) is 4. The van der Waals surface area contributed by atoms with E-state index in [1.165, 1.54) is 141 Å². The zero-order valence-corrected chi connectivity index (χ0v) is 59.0. The second kappa shape index (κ2) is 60.0. The van der Waals surface area contributed by atoms with Gasteiger partial charge in [-0.15, -0.1) is 0 Å². The minimum absolute atomic E-state index is 0.102. The van der Waals surface area contributed by atoms with Crippen molar-refractivity contribution in [2.24, 2.45) is 17.8 Å². The van der Waals surface area contributed by atoms with E-state index in [-0.39, 0.29) is 25.7 Å². The SMILES string of the molecule is CCCCCCCCCCC(=O)OC[C@H](COP(=O)(O)OC[C@H](O)COP(=O)(O)OC[C@@H](COC(=O)CCCCCCCCC(C)CC)OC(=O)CCCCCCCCCCCCCCCCCCCCC(C)C)OC(=O)CCCCCCCCC(C)C. The van der Waals surface area contributed by atoms with Crippen LogP contribution in [0.15, 0.2) is 0 Å². The molecule has 0 bridgehead atoms. The van der Waals surface area contributed by atoms with Gasteiger partial charge in [-0.25, -0.2) is 9.13 Å². The van der Waals surface area contributed by atoms with Gasteiger partial charge in [-0.05, 0) is 43.4 Å². The molecule has 0 saturated carbocycles. The zero-order chi connectivity index (χ0) is 65.2. The predicted molar refractivity (Wildman–Crippen MR) is 354 cm³/mol. The number of carbonyl (C=O) groups is 4. The lowest BCUT2D eigenvalue weighted by Gasteiger charge is -2.21. The van der Waals surface area contributed by atoms with Gasteiger partial charge in [0.1, 0.15) is 19.3 Å². The van der Waals surface area contributed by atoms with E-state index >= 15 is 0 Å². The molecule has 522 valence electrons. The molecule has 3 unspecified atom stereocenters. The number of carbonyl (C=O) groups excluding carboxylic acids is 4. The van der Waals surface area contributed by atoms with Crippen molar-refractivity contribution in [2.45, 2.75) is 362 Å². The van der Waals surface area contributed by atoms with Crippen molar-refractivity contribution in [1.82, 2.24) is 0 Å². The lowest BCUT2D eigenvalue weighted by molar-refractivity contribution is -0.161. The van der Waals surface area contributed by atoms with E-state index in [0.717, 1.165) is 115 Å². The first-order chi connectivity index (χ1) is 42.3. The third-order valence-electron chi connectivity index (χ3n) is 16.2. The van der Waals surface area contributed by atoms with Crippen LogP contribution in [0.25, 0.3) is 0 Å². The van der Waals surface area contributed by atoms with Crippen LogP contribution in [0.5, 0.6) is 0 Å². The van der Waals surface area contributed by atoms with Crippen LogP contribution in [0.2, 0.25) is 0 Å². The van der Waals surface area contributed by atoms with Crippen LogP contribution in [0.3, 0.4) is 0 Å². The molecule has 0 aromatic heterocycles. The van der Waals surface area contributed by atoms with Gasteiger partial charge < -0.3 is 33.8 Å². The maximum absolute atomic E-state index is 13.0. The van der Waals surface area contributed by atoms with E-state index in [9.17, 15) is 43.2 Å². The second-order valence-electron chi connectivity index (χ2n) is 26.1. The normalized spacial score (nSPS) is 14.5. The number of rotatable bonds is 67. The Bertz CT molecular complexity index is 1730. The van der Waals surface area contributed by atoms with Gasteiger partial charge >= 0.3 is 39.5 Å². The van der Waals surface area contributed by atoms with Crippen LogP contribution in [-0.2, 0) is 65.4 Å². The molecule has 0 amide bonds. The Morgan fingerprint density at radius 2 is 0.580 bits per heavy atom. The van der Waals surface area contributed by atoms with Gasteiger partial charge in [0.2, 0.25) is 0 Å². The Hall–Kier alpha value is -1.94. The summed E-state index contributed by atoms with van der Waals surface area (Å²) < 4.78 is 68.1.